The monoisotopic (exact) mass is 231 g/mol. The molecule has 1 aromatic rings. The highest BCUT2D eigenvalue weighted by molar-refractivity contribution is 5.91. The zero-order valence-corrected chi connectivity index (χ0v) is 10.2. The van der Waals surface area contributed by atoms with Gasteiger partial charge < -0.3 is 10.6 Å². The van der Waals surface area contributed by atoms with Crippen molar-refractivity contribution in [1.82, 2.24) is 5.32 Å². The van der Waals surface area contributed by atoms with E-state index in [1.165, 1.54) is 0 Å². The fraction of sp³-hybridized carbons (Fsp3) is 0.385. The summed E-state index contributed by atoms with van der Waals surface area (Å²) in [6.07, 6.45) is 0.438. The van der Waals surface area contributed by atoms with Gasteiger partial charge in [-0.15, -0.1) is 0 Å². The molecule has 1 amide bonds. The average molecular weight is 231 g/mol. The van der Waals surface area contributed by atoms with Crippen LogP contribution in [-0.4, -0.2) is 18.5 Å². The second-order valence-corrected chi connectivity index (χ2v) is 3.90. The molecule has 0 aliphatic carbocycles. The van der Waals surface area contributed by atoms with Gasteiger partial charge in [-0.25, -0.2) is 0 Å². The quantitative estimate of drug-likeness (QED) is 0.813. The molecule has 0 heterocycles. The number of amides is 1. The van der Waals surface area contributed by atoms with Crippen LogP contribution in [-0.2, 0) is 4.79 Å². The van der Waals surface area contributed by atoms with E-state index in [4.69, 9.17) is 5.26 Å². The van der Waals surface area contributed by atoms with Crippen molar-refractivity contribution in [2.45, 2.75) is 26.3 Å². The zero-order valence-electron chi connectivity index (χ0n) is 10.2. The van der Waals surface area contributed by atoms with E-state index in [9.17, 15) is 4.79 Å². The van der Waals surface area contributed by atoms with Crippen LogP contribution in [0.2, 0.25) is 0 Å². The molecule has 1 aromatic carbocycles. The summed E-state index contributed by atoms with van der Waals surface area (Å²) >= 11 is 0. The molecule has 0 radical (unpaired) electrons. The molecule has 1 unspecified atom stereocenters. The van der Waals surface area contributed by atoms with Gasteiger partial charge >= 0.3 is 0 Å². The standard InChI is InChI=1S/C13H17N3O/c1-3-15-10(2)8-13(17)16-12-6-4-11(9-14)5-7-12/h4-7,10,15H,3,8H2,1-2H3,(H,16,17). The number of hydrogen-bond acceptors (Lipinski definition) is 3. The van der Waals surface area contributed by atoms with Crippen LogP contribution in [0.1, 0.15) is 25.8 Å². The highest BCUT2D eigenvalue weighted by atomic mass is 16.1. The van der Waals surface area contributed by atoms with E-state index in [0.29, 0.717) is 12.0 Å². The minimum atomic E-state index is -0.0249. The molecule has 0 aliphatic rings. The van der Waals surface area contributed by atoms with E-state index in [0.717, 1.165) is 12.2 Å². The van der Waals surface area contributed by atoms with Crippen molar-refractivity contribution >= 4 is 11.6 Å². The third kappa shape index (κ3) is 4.66. The van der Waals surface area contributed by atoms with Gasteiger partial charge in [0.1, 0.15) is 0 Å². The molecule has 0 fully saturated rings. The second kappa shape index (κ2) is 6.66. The molecule has 0 bridgehead atoms. The Balaban J connectivity index is 2.48. The van der Waals surface area contributed by atoms with Crippen LogP contribution >= 0.6 is 0 Å². The maximum atomic E-state index is 11.6. The Morgan fingerprint density at radius 3 is 2.59 bits per heavy atom. The predicted octanol–water partition coefficient (Wildman–Crippen LogP) is 1.88. The van der Waals surface area contributed by atoms with Gasteiger partial charge in [0.05, 0.1) is 11.6 Å². The Morgan fingerprint density at radius 1 is 1.41 bits per heavy atom. The first-order chi connectivity index (χ1) is 8.15. The van der Waals surface area contributed by atoms with Gasteiger partial charge in [0.25, 0.3) is 0 Å². The normalized spacial score (nSPS) is 11.6. The molecule has 4 heteroatoms. The largest absolute Gasteiger partial charge is 0.326 e. The van der Waals surface area contributed by atoms with Gasteiger partial charge in [0.15, 0.2) is 0 Å². The highest BCUT2D eigenvalue weighted by Gasteiger charge is 2.07. The van der Waals surface area contributed by atoms with Gasteiger partial charge in [-0.05, 0) is 37.7 Å². The highest BCUT2D eigenvalue weighted by Crippen LogP contribution is 2.09. The van der Waals surface area contributed by atoms with Crippen molar-refractivity contribution in [3.63, 3.8) is 0 Å². The number of nitrogens with one attached hydrogen (secondary N) is 2. The molecular weight excluding hydrogens is 214 g/mol. The number of nitriles is 1. The van der Waals surface area contributed by atoms with E-state index in [2.05, 4.69) is 10.6 Å². The molecule has 0 saturated heterocycles. The summed E-state index contributed by atoms with van der Waals surface area (Å²) in [6, 6.07) is 9.03. The van der Waals surface area contributed by atoms with Crippen LogP contribution in [0.3, 0.4) is 0 Å². The average Bonchev–Trinajstić information content (AvgIpc) is 2.30. The van der Waals surface area contributed by atoms with Crippen molar-refractivity contribution in [3.05, 3.63) is 29.8 Å². The Hall–Kier alpha value is -1.86. The van der Waals surface area contributed by atoms with Crippen molar-refractivity contribution in [2.24, 2.45) is 0 Å². The summed E-state index contributed by atoms with van der Waals surface area (Å²) in [5.74, 6) is -0.0249. The lowest BCUT2D eigenvalue weighted by Gasteiger charge is -2.12. The SMILES string of the molecule is CCNC(C)CC(=O)Nc1ccc(C#N)cc1. The Kier molecular flexibility index (Phi) is 5.18. The van der Waals surface area contributed by atoms with E-state index < -0.39 is 0 Å². The molecule has 0 saturated carbocycles. The number of carbonyl (C=O) groups is 1. The maximum absolute atomic E-state index is 11.6. The number of carbonyl (C=O) groups excluding carboxylic acids is 1. The van der Waals surface area contributed by atoms with Crippen molar-refractivity contribution < 1.29 is 4.79 Å². The molecule has 17 heavy (non-hydrogen) atoms. The Morgan fingerprint density at radius 2 is 2.06 bits per heavy atom. The van der Waals surface area contributed by atoms with Crippen molar-refractivity contribution in [3.8, 4) is 6.07 Å². The summed E-state index contributed by atoms with van der Waals surface area (Å²) in [6.45, 7) is 4.84. The van der Waals surface area contributed by atoms with Gasteiger partial charge in [0.2, 0.25) is 5.91 Å². The molecule has 2 N–H and O–H groups in total. The molecule has 0 aliphatic heterocycles. The third-order valence-electron chi connectivity index (χ3n) is 2.34. The van der Waals surface area contributed by atoms with E-state index in [-0.39, 0.29) is 11.9 Å². The van der Waals surface area contributed by atoms with Gasteiger partial charge in [-0.2, -0.15) is 5.26 Å². The van der Waals surface area contributed by atoms with Gasteiger partial charge in [-0.1, -0.05) is 6.92 Å². The minimum absolute atomic E-state index is 0.0249. The number of benzene rings is 1. The van der Waals surface area contributed by atoms with Crippen LogP contribution < -0.4 is 10.6 Å². The first-order valence-electron chi connectivity index (χ1n) is 5.69. The van der Waals surface area contributed by atoms with Gasteiger partial charge in [0, 0.05) is 18.2 Å². The molecule has 4 nitrogen and oxygen atoms in total. The minimum Gasteiger partial charge on any atom is -0.326 e. The Bertz CT molecular complexity index is 406. The second-order valence-electron chi connectivity index (χ2n) is 3.90. The van der Waals surface area contributed by atoms with Crippen LogP contribution in [0.15, 0.2) is 24.3 Å². The predicted molar refractivity (Wildman–Crippen MR) is 67.5 cm³/mol. The zero-order chi connectivity index (χ0) is 12.7. The first-order valence-corrected chi connectivity index (χ1v) is 5.69. The lowest BCUT2D eigenvalue weighted by molar-refractivity contribution is -0.116. The van der Waals surface area contributed by atoms with Crippen molar-refractivity contribution in [2.75, 3.05) is 11.9 Å². The molecule has 0 spiro atoms. The van der Waals surface area contributed by atoms with Crippen LogP contribution in [0.5, 0.6) is 0 Å². The summed E-state index contributed by atoms with van der Waals surface area (Å²) in [5.41, 5.74) is 1.31. The topological polar surface area (TPSA) is 64.9 Å². The molecule has 90 valence electrons. The third-order valence-corrected chi connectivity index (χ3v) is 2.34. The van der Waals surface area contributed by atoms with Crippen LogP contribution in [0.25, 0.3) is 0 Å². The van der Waals surface area contributed by atoms with Crippen LogP contribution in [0, 0.1) is 11.3 Å². The Labute approximate surface area is 102 Å². The lowest BCUT2D eigenvalue weighted by atomic mass is 10.2. The summed E-state index contributed by atoms with van der Waals surface area (Å²) in [4.78, 5) is 11.6. The molecule has 1 atom stereocenters. The molecular formula is C13H17N3O. The van der Waals surface area contributed by atoms with E-state index in [1.54, 1.807) is 24.3 Å². The van der Waals surface area contributed by atoms with Crippen LogP contribution in [0.4, 0.5) is 5.69 Å². The van der Waals surface area contributed by atoms with E-state index >= 15 is 0 Å². The number of nitrogens with zero attached hydrogens (tertiary/aromatic N) is 1. The summed E-state index contributed by atoms with van der Waals surface area (Å²) in [5, 5.41) is 14.6. The van der Waals surface area contributed by atoms with E-state index in [1.807, 2.05) is 19.9 Å². The fourth-order valence-electron chi connectivity index (χ4n) is 1.54. The smallest absolute Gasteiger partial charge is 0.225 e. The first kappa shape index (κ1) is 13.2. The van der Waals surface area contributed by atoms with Crippen molar-refractivity contribution in [1.29, 1.82) is 5.26 Å². The molecule has 1 rings (SSSR count). The molecule has 0 aromatic heterocycles. The summed E-state index contributed by atoms with van der Waals surface area (Å²) in [7, 11) is 0. The maximum Gasteiger partial charge on any atom is 0.225 e. The number of hydrogen-bond donors (Lipinski definition) is 2. The van der Waals surface area contributed by atoms with Gasteiger partial charge in [-0.3, -0.25) is 4.79 Å². The lowest BCUT2D eigenvalue weighted by Crippen LogP contribution is -2.30. The number of rotatable bonds is 5. The number of anilines is 1. The fourth-order valence-corrected chi connectivity index (χ4v) is 1.54. The summed E-state index contributed by atoms with van der Waals surface area (Å²) < 4.78 is 0.